The van der Waals surface area contributed by atoms with Crippen LogP contribution in [0.15, 0.2) is 41.3 Å². The molecule has 0 bridgehead atoms. The molecule has 0 amide bonds. The van der Waals surface area contributed by atoms with Crippen LogP contribution in [0.3, 0.4) is 0 Å². The summed E-state index contributed by atoms with van der Waals surface area (Å²) in [6.45, 7) is 3.81. The standard InChI is InChI=1S/C15H16ClNO3S/c1-10-4-6-14(11(2)8-10)17-21(18,19)12-5-7-15(20-3)13(16)9-12/h4-9,17H,1-3H3. The molecule has 0 saturated carbocycles. The minimum absolute atomic E-state index is 0.0910. The second kappa shape index (κ2) is 5.95. The molecule has 21 heavy (non-hydrogen) atoms. The Morgan fingerprint density at radius 3 is 2.38 bits per heavy atom. The second-order valence-electron chi connectivity index (χ2n) is 4.72. The van der Waals surface area contributed by atoms with Crippen molar-refractivity contribution in [3.05, 3.63) is 52.5 Å². The van der Waals surface area contributed by atoms with Gasteiger partial charge in [0.25, 0.3) is 10.0 Å². The Balaban J connectivity index is 2.36. The third kappa shape index (κ3) is 3.49. The first-order valence-electron chi connectivity index (χ1n) is 6.27. The van der Waals surface area contributed by atoms with Crippen LogP contribution < -0.4 is 9.46 Å². The highest BCUT2D eigenvalue weighted by atomic mass is 35.5. The molecule has 0 atom stereocenters. The third-order valence-electron chi connectivity index (χ3n) is 3.06. The molecule has 4 nitrogen and oxygen atoms in total. The molecule has 0 unspecified atom stereocenters. The first-order valence-corrected chi connectivity index (χ1v) is 8.13. The molecule has 2 aromatic rings. The molecule has 0 aliphatic carbocycles. The molecule has 0 heterocycles. The van der Waals surface area contributed by atoms with Crippen LogP contribution in [-0.2, 0) is 10.0 Å². The average molecular weight is 326 g/mol. The predicted molar refractivity (Wildman–Crippen MR) is 84.7 cm³/mol. The maximum atomic E-state index is 12.4. The van der Waals surface area contributed by atoms with E-state index in [1.54, 1.807) is 6.07 Å². The first kappa shape index (κ1) is 15.7. The van der Waals surface area contributed by atoms with Crippen LogP contribution in [0, 0.1) is 13.8 Å². The highest BCUT2D eigenvalue weighted by Crippen LogP contribution is 2.28. The number of rotatable bonds is 4. The zero-order valence-corrected chi connectivity index (χ0v) is 13.5. The predicted octanol–water partition coefficient (Wildman–Crippen LogP) is 3.77. The van der Waals surface area contributed by atoms with E-state index >= 15 is 0 Å². The minimum Gasteiger partial charge on any atom is -0.495 e. The van der Waals surface area contributed by atoms with Crippen molar-refractivity contribution in [2.75, 3.05) is 11.8 Å². The summed E-state index contributed by atoms with van der Waals surface area (Å²) >= 11 is 5.97. The Morgan fingerprint density at radius 2 is 1.81 bits per heavy atom. The van der Waals surface area contributed by atoms with E-state index in [2.05, 4.69) is 4.72 Å². The number of benzene rings is 2. The Hall–Kier alpha value is -1.72. The van der Waals surface area contributed by atoms with Gasteiger partial charge in [0.1, 0.15) is 5.75 Å². The molecule has 0 fully saturated rings. The summed E-state index contributed by atoms with van der Waals surface area (Å²) in [5, 5.41) is 0.251. The van der Waals surface area contributed by atoms with Gasteiger partial charge < -0.3 is 4.74 Å². The van der Waals surface area contributed by atoms with Crippen molar-refractivity contribution in [2.24, 2.45) is 0 Å². The lowest BCUT2D eigenvalue weighted by Crippen LogP contribution is -2.13. The van der Waals surface area contributed by atoms with Crippen molar-refractivity contribution >= 4 is 27.3 Å². The largest absolute Gasteiger partial charge is 0.495 e. The van der Waals surface area contributed by atoms with Crippen LogP contribution in [-0.4, -0.2) is 15.5 Å². The van der Waals surface area contributed by atoms with E-state index < -0.39 is 10.0 Å². The van der Waals surface area contributed by atoms with Crippen molar-refractivity contribution in [3.63, 3.8) is 0 Å². The zero-order chi connectivity index (χ0) is 15.6. The summed E-state index contributed by atoms with van der Waals surface area (Å²) in [6, 6.07) is 9.86. The van der Waals surface area contributed by atoms with Gasteiger partial charge in [-0.05, 0) is 43.7 Å². The molecule has 2 aromatic carbocycles. The van der Waals surface area contributed by atoms with E-state index in [1.807, 2.05) is 26.0 Å². The maximum absolute atomic E-state index is 12.4. The van der Waals surface area contributed by atoms with Gasteiger partial charge in [0.2, 0.25) is 0 Å². The Morgan fingerprint density at radius 1 is 1.10 bits per heavy atom. The number of hydrogen-bond donors (Lipinski definition) is 1. The molecular weight excluding hydrogens is 310 g/mol. The van der Waals surface area contributed by atoms with E-state index in [0.717, 1.165) is 11.1 Å². The van der Waals surface area contributed by atoms with Gasteiger partial charge in [0.15, 0.2) is 0 Å². The van der Waals surface area contributed by atoms with Gasteiger partial charge >= 0.3 is 0 Å². The van der Waals surface area contributed by atoms with Crippen LogP contribution >= 0.6 is 11.6 Å². The lowest BCUT2D eigenvalue weighted by Gasteiger charge is -2.12. The van der Waals surface area contributed by atoms with Crippen LogP contribution in [0.4, 0.5) is 5.69 Å². The van der Waals surface area contributed by atoms with Gasteiger partial charge in [0, 0.05) is 0 Å². The second-order valence-corrected chi connectivity index (χ2v) is 6.81. The molecule has 2 rings (SSSR count). The first-order chi connectivity index (χ1) is 9.83. The fourth-order valence-electron chi connectivity index (χ4n) is 1.95. The van der Waals surface area contributed by atoms with Gasteiger partial charge in [0.05, 0.1) is 22.7 Å². The Labute approximate surface area is 129 Å². The number of sulfonamides is 1. The molecule has 1 N–H and O–H groups in total. The van der Waals surface area contributed by atoms with Gasteiger partial charge in [-0.3, -0.25) is 4.72 Å². The third-order valence-corrected chi connectivity index (χ3v) is 4.72. The van der Waals surface area contributed by atoms with Crippen molar-refractivity contribution in [3.8, 4) is 5.75 Å². The van der Waals surface area contributed by atoms with E-state index in [-0.39, 0.29) is 9.92 Å². The molecule has 0 spiro atoms. The fourth-order valence-corrected chi connectivity index (χ4v) is 3.43. The topological polar surface area (TPSA) is 55.4 Å². The summed E-state index contributed by atoms with van der Waals surface area (Å²) in [6.07, 6.45) is 0. The molecule has 0 aromatic heterocycles. The smallest absolute Gasteiger partial charge is 0.261 e. The summed E-state index contributed by atoms with van der Waals surface area (Å²) in [5.74, 6) is 0.433. The van der Waals surface area contributed by atoms with Crippen molar-refractivity contribution < 1.29 is 13.2 Å². The number of halogens is 1. The molecule has 0 radical (unpaired) electrons. The maximum Gasteiger partial charge on any atom is 0.261 e. The number of ether oxygens (including phenoxy) is 1. The van der Waals surface area contributed by atoms with E-state index in [1.165, 1.54) is 25.3 Å². The summed E-state index contributed by atoms with van der Waals surface area (Å²) < 4.78 is 32.3. The highest BCUT2D eigenvalue weighted by molar-refractivity contribution is 7.92. The zero-order valence-electron chi connectivity index (χ0n) is 12.0. The van der Waals surface area contributed by atoms with Crippen molar-refractivity contribution in [2.45, 2.75) is 18.7 Å². The molecule has 112 valence electrons. The summed E-state index contributed by atoms with van der Waals surface area (Å²) in [7, 11) is -2.21. The van der Waals surface area contributed by atoms with Crippen LogP contribution in [0.25, 0.3) is 0 Å². The molecule has 6 heteroatoms. The summed E-state index contributed by atoms with van der Waals surface area (Å²) in [4.78, 5) is 0.0910. The Bertz CT molecular complexity index is 772. The monoisotopic (exact) mass is 325 g/mol. The van der Waals surface area contributed by atoms with Crippen LogP contribution in [0.2, 0.25) is 5.02 Å². The molecule has 0 aliphatic rings. The highest BCUT2D eigenvalue weighted by Gasteiger charge is 2.17. The van der Waals surface area contributed by atoms with Crippen molar-refractivity contribution in [1.29, 1.82) is 0 Å². The van der Waals surface area contributed by atoms with Gasteiger partial charge in [-0.1, -0.05) is 29.3 Å². The average Bonchev–Trinajstić information content (AvgIpc) is 2.42. The minimum atomic E-state index is -3.69. The van der Waals surface area contributed by atoms with Gasteiger partial charge in [-0.25, -0.2) is 8.42 Å². The van der Waals surface area contributed by atoms with Gasteiger partial charge in [-0.15, -0.1) is 0 Å². The van der Waals surface area contributed by atoms with Crippen LogP contribution in [0.1, 0.15) is 11.1 Å². The molecule has 0 aliphatic heterocycles. The van der Waals surface area contributed by atoms with Gasteiger partial charge in [-0.2, -0.15) is 0 Å². The SMILES string of the molecule is COc1ccc(S(=O)(=O)Nc2ccc(C)cc2C)cc1Cl. The van der Waals surface area contributed by atoms with E-state index in [9.17, 15) is 8.42 Å². The normalized spacial score (nSPS) is 11.2. The summed E-state index contributed by atoms with van der Waals surface area (Å²) in [5.41, 5.74) is 2.48. The number of hydrogen-bond acceptors (Lipinski definition) is 3. The fraction of sp³-hybridized carbons (Fsp3) is 0.200. The van der Waals surface area contributed by atoms with Crippen molar-refractivity contribution in [1.82, 2.24) is 0 Å². The molecular formula is C15H16ClNO3S. The van der Waals surface area contributed by atoms with E-state index in [0.29, 0.717) is 11.4 Å². The Kier molecular flexibility index (Phi) is 4.44. The van der Waals surface area contributed by atoms with E-state index in [4.69, 9.17) is 16.3 Å². The lowest BCUT2D eigenvalue weighted by atomic mass is 10.1. The number of methoxy groups -OCH3 is 1. The molecule has 0 saturated heterocycles. The number of anilines is 1. The number of aryl methyl sites for hydroxylation is 2. The van der Waals surface area contributed by atoms with Crippen LogP contribution in [0.5, 0.6) is 5.75 Å². The quantitative estimate of drug-likeness (QED) is 0.931. The number of nitrogens with one attached hydrogen (secondary N) is 1. The lowest BCUT2D eigenvalue weighted by molar-refractivity contribution is 0.414.